The number of carbonyl (C=O) groups excluding carboxylic acids is 1. The topological polar surface area (TPSA) is 61.3 Å². The number of benzene rings is 2. The second-order valence-electron chi connectivity index (χ2n) is 13.1. The van der Waals surface area contributed by atoms with Gasteiger partial charge in [0.05, 0.1) is 12.2 Å². The molecule has 0 unspecified atom stereocenters. The van der Waals surface area contributed by atoms with E-state index in [1.807, 2.05) is 36.7 Å². The Morgan fingerprint density at radius 1 is 0.667 bits per heavy atom. The Balaban J connectivity index is 1.12. The second kappa shape index (κ2) is 20.0. The maximum absolute atomic E-state index is 12.8. The van der Waals surface area contributed by atoms with Gasteiger partial charge in [0.15, 0.2) is 5.82 Å². The fraction of sp³-hybridized carbons (Fsp3) is 0.575. The van der Waals surface area contributed by atoms with Crippen molar-refractivity contribution in [1.29, 1.82) is 0 Å². The molecule has 0 bridgehead atoms. The number of aromatic nitrogens is 2. The molecule has 4 rings (SSSR count). The Morgan fingerprint density at radius 2 is 1.22 bits per heavy atom. The van der Waals surface area contributed by atoms with Crippen molar-refractivity contribution in [2.45, 2.75) is 129 Å². The number of hydrogen-bond donors (Lipinski definition) is 0. The van der Waals surface area contributed by atoms with Gasteiger partial charge in [0.1, 0.15) is 11.5 Å². The van der Waals surface area contributed by atoms with Crippen molar-refractivity contribution in [3.8, 4) is 22.9 Å². The van der Waals surface area contributed by atoms with Crippen LogP contribution in [0.1, 0.15) is 139 Å². The van der Waals surface area contributed by atoms with E-state index < -0.39 is 0 Å². The van der Waals surface area contributed by atoms with E-state index in [-0.39, 0.29) is 5.97 Å². The molecule has 0 N–H and O–H groups in total. The van der Waals surface area contributed by atoms with Crippen LogP contribution in [0.2, 0.25) is 0 Å². The largest absolute Gasteiger partial charge is 0.494 e. The molecule has 244 valence electrons. The van der Waals surface area contributed by atoms with E-state index in [2.05, 4.69) is 23.8 Å². The molecule has 2 aromatic carbocycles. The molecule has 5 nitrogen and oxygen atoms in total. The van der Waals surface area contributed by atoms with Crippen molar-refractivity contribution in [3.63, 3.8) is 0 Å². The van der Waals surface area contributed by atoms with Crippen molar-refractivity contribution in [3.05, 3.63) is 72.1 Å². The van der Waals surface area contributed by atoms with Gasteiger partial charge in [-0.15, -0.1) is 0 Å². The summed E-state index contributed by atoms with van der Waals surface area (Å²) in [5.74, 6) is 3.43. The Morgan fingerprint density at radius 3 is 1.87 bits per heavy atom. The molecule has 45 heavy (non-hydrogen) atoms. The number of nitrogens with zero attached hydrogens (tertiary/aromatic N) is 2. The Kier molecular flexibility index (Phi) is 15.4. The number of rotatable bonds is 20. The predicted octanol–water partition coefficient (Wildman–Crippen LogP) is 11.2. The highest BCUT2D eigenvalue weighted by Crippen LogP contribution is 2.34. The predicted molar refractivity (Wildman–Crippen MR) is 185 cm³/mol. The molecule has 0 amide bonds. The van der Waals surface area contributed by atoms with Crippen molar-refractivity contribution in [2.75, 3.05) is 6.61 Å². The van der Waals surface area contributed by atoms with E-state index in [9.17, 15) is 4.79 Å². The zero-order valence-corrected chi connectivity index (χ0v) is 28.0. The summed E-state index contributed by atoms with van der Waals surface area (Å²) in [6, 6.07) is 14.6. The summed E-state index contributed by atoms with van der Waals surface area (Å²) in [6.45, 7) is 5.27. The Labute approximate surface area is 272 Å². The smallest absolute Gasteiger partial charge is 0.343 e. The van der Waals surface area contributed by atoms with Crippen molar-refractivity contribution < 1.29 is 14.3 Å². The zero-order valence-electron chi connectivity index (χ0n) is 28.0. The van der Waals surface area contributed by atoms with Gasteiger partial charge in [0.2, 0.25) is 0 Å². The first-order valence-electron chi connectivity index (χ1n) is 18.0. The number of carbonyl (C=O) groups is 1. The average molecular weight is 613 g/mol. The lowest BCUT2D eigenvalue weighted by Crippen LogP contribution is -2.15. The van der Waals surface area contributed by atoms with Crippen LogP contribution in [0.4, 0.5) is 0 Å². The molecule has 1 fully saturated rings. The summed E-state index contributed by atoms with van der Waals surface area (Å²) in [5, 5.41) is 0. The van der Waals surface area contributed by atoms with Gasteiger partial charge in [-0.3, -0.25) is 0 Å². The molecule has 0 aliphatic heterocycles. The second-order valence-corrected chi connectivity index (χ2v) is 13.1. The third kappa shape index (κ3) is 12.6. The van der Waals surface area contributed by atoms with E-state index in [0.29, 0.717) is 17.1 Å². The Bertz CT molecular complexity index is 1220. The monoisotopic (exact) mass is 612 g/mol. The van der Waals surface area contributed by atoms with Crippen molar-refractivity contribution >= 4 is 5.97 Å². The maximum atomic E-state index is 12.8. The lowest BCUT2D eigenvalue weighted by Gasteiger charge is -2.28. The molecule has 1 aliphatic carbocycles. The highest BCUT2D eigenvalue weighted by Gasteiger charge is 2.20. The van der Waals surface area contributed by atoms with Gasteiger partial charge in [-0.1, -0.05) is 116 Å². The van der Waals surface area contributed by atoms with Crippen LogP contribution >= 0.6 is 0 Å². The lowest BCUT2D eigenvalue weighted by atomic mass is 9.78. The van der Waals surface area contributed by atoms with Gasteiger partial charge in [-0.25, -0.2) is 14.8 Å². The molecule has 1 saturated carbocycles. The maximum Gasteiger partial charge on any atom is 0.343 e. The lowest BCUT2D eigenvalue weighted by molar-refractivity contribution is 0.0734. The number of hydrogen-bond acceptors (Lipinski definition) is 5. The van der Waals surface area contributed by atoms with Crippen LogP contribution in [0.15, 0.2) is 60.9 Å². The summed E-state index contributed by atoms with van der Waals surface area (Å²) in [5.41, 5.74) is 2.55. The Hall–Kier alpha value is -3.21. The van der Waals surface area contributed by atoms with Crippen LogP contribution in [-0.4, -0.2) is 22.5 Å². The molecule has 0 spiro atoms. The van der Waals surface area contributed by atoms with Crippen LogP contribution in [0.5, 0.6) is 11.5 Å². The van der Waals surface area contributed by atoms with E-state index in [1.165, 1.54) is 108 Å². The third-order valence-electron chi connectivity index (χ3n) is 9.40. The summed E-state index contributed by atoms with van der Waals surface area (Å²) >= 11 is 0. The van der Waals surface area contributed by atoms with Gasteiger partial charge < -0.3 is 9.47 Å². The van der Waals surface area contributed by atoms with Gasteiger partial charge in [-0.2, -0.15) is 0 Å². The van der Waals surface area contributed by atoms with Gasteiger partial charge in [0, 0.05) is 18.0 Å². The molecule has 5 heteroatoms. The average Bonchev–Trinajstić information content (AvgIpc) is 3.08. The normalized spacial score (nSPS) is 16.4. The van der Waals surface area contributed by atoms with Gasteiger partial charge in [0.25, 0.3) is 0 Å². The molecular weight excluding hydrogens is 556 g/mol. The summed E-state index contributed by atoms with van der Waals surface area (Å²) in [6.07, 6.45) is 27.5. The minimum Gasteiger partial charge on any atom is -0.494 e. The molecule has 0 atom stereocenters. The summed E-state index contributed by atoms with van der Waals surface area (Å²) in [4.78, 5) is 21.9. The van der Waals surface area contributed by atoms with E-state index in [0.717, 1.165) is 42.6 Å². The minimum atomic E-state index is -0.388. The molecule has 0 saturated heterocycles. The molecule has 1 aromatic heterocycles. The molecular formula is C40H56N2O3. The number of aryl methyl sites for hydroxylation is 1. The summed E-state index contributed by atoms with van der Waals surface area (Å²) < 4.78 is 11.6. The first-order valence-corrected chi connectivity index (χ1v) is 18.0. The summed E-state index contributed by atoms with van der Waals surface area (Å²) in [7, 11) is 0. The number of esters is 1. The van der Waals surface area contributed by atoms with Crippen LogP contribution in [-0.2, 0) is 6.42 Å². The number of unbranched alkanes of at least 4 members (excludes halogenated alkanes) is 8. The molecule has 0 radical (unpaired) electrons. The van der Waals surface area contributed by atoms with Crippen LogP contribution < -0.4 is 9.47 Å². The SMILES string of the molecule is CCCCCCCCCc1cnc(-c2ccc(C(=O)Oc3ccc(OCCCC4CCC(CCCCC)CC4)cc3)cc2)nc1. The van der Waals surface area contributed by atoms with Gasteiger partial charge >= 0.3 is 5.97 Å². The van der Waals surface area contributed by atoms with Crippen molar-refractivity contribution in [1.82, 2.24) is 9.97 Å². The van der Waals surface area contributed by atoms with E-state index in [1.54, 1.807) is 24.3 Å². The van der Waals surface area contributed by atoms with Crippen LogP contribution in [0.3, 0.4) is 0 Å². The first-order chi connectivity index (χ1) is 22.1. The fourth-order valence-electron chi connectivity index (χ4n) is 6.50. The molecule has 1 aliphatic rings. The van der Waals surface area contributed by atoms with Crippen LogP contribution in [0.25, 0.3) is 11.4 Å². The first kappa shape index (κ1) is 34.7. The highest BCUT2D eigenvalue weighted by molar-refractivity contribution is 5.91. The van der Waals surface area contributed by atoms with Crippen molar-refractivity contribution in [2.24, 2.45) is 11.8 Å². The zero-order chi connectivity index (χ0) is 31.5. The minimum absolute atomic E-state index is 0.388. The third-order valence-corrected chi connectivity index (χ3v) is 9.40. The standard InChI is InChI=1S/C40H56N2O3/c1-3-5-7-8-9-10-12-15-34-30-41-39(42-31-34)35-21-23-36(24-22-35)40(43)45-38-27-25-37(26-28-38)44-29-13-16-33-19-17-32(18-20-33)14-11-6-4-2/h21-28,30-33H,3-20,29H2,1-2H3. The van der Waals surface area contributed by atoms with E-state index >= 15 is 0 Å². The highest BCUT2D eigenvalue weighted by atomic mass is 16.5. The van der Waals surface area contributed by atoms with Crippen LogP contribution in [0, 0.1) is 11.8 Å². The molecule has 3 aromatic rings. The quantitative estimate of drug-likeness (QED) is 0.0721. The molecule has 1 heterocycles. The fourth-order valence-corrected chi connectivity index (χ4v) is 6.50. The number of ether oxygens (including phenoxy) is 2. The van der Waals surface area contributed by atoms with Gasteiger partial charge in [-0.05, 0) is 79.5 Å². The van der Waals surface area contributed by atoms with E-state index in [4.69, 9.17) is 9.47 Å².